The lowest BCUT2D eigenvalue weighted by Crippen LogP contribution is -2.13. The van der Waals surface area contributed by atoms with Crippen LogP contribution < -0.4 is 11.5 Å². The maximum atomic E-state index is 9.97. The Morgan fingerprint density at radius 1 is 1.11 bits per heavy atom. The van der Waals surface area contributed by atoms with E-state index in [0.717, 1.165) is 29.2 Å². The van der Waals surface area contributed by atoms with Gasteiger partial charge < -0.3 is 16.6 Å². The van der Waals surface area contributed by atoms with Gasteiger partial charge in [0.05, 0.1) is 0 Å². The minimum absolute atomic E-state index is 0. The van der Waals surface area contributed by atoms with Crippen molar-refractivity contribution in [1.82, 2.24) is 0 Å². The molecule has 98 valence electrons. The fourth-order valence-electron chi connectivity index (χ4n) is 2.16. The fraction of sp³-hybridized carbons (Fsp3) is 0.286. The molecule has 4 heteroatoms. The van der Waals surface area contributed by atoms with Crippen molar-refractivity contribution in [1.29, 1.82) is 0 Å². The van der Waals surface area contributed by atoms with Crippen molar-refractivity contribution in [2.75, 3.05) is 6.54 Å². The second-order valence-corrected chi connectivity index (χ2v) is 4.26. The molecule has 0 heterocycles. The number of aromatic hydroxyl groups is 1. The monoisotopic (exact) mass is 266 g/mol. The molecule has 2 aromatic carbocycles. The van der Waals surface area contributed by atoms with Gasteiger partial charge in [-0.3, -0.25) is 0 Å². The van der Waals surface area contributed by atoms with Crippen LogP contribution in [0.2, 0.25) is 0 Å². The zero-order valence-electron chi connectivity index (χ0n) is 10.2. The quantitative estimate of drug-likeness (QED) is 0.797. The smallest absolute Gasteiger partial charge is 0.120 e. The van der Waals surface area contributed by atoms with E-state index in [1.807, 2.05) is 30.3 Å². The molecule has 0 fully saturated rings. The van der Waals surface area contributed by atoms with Gasteiger partial charge in [-0.05, 0) is 36.2 Å². The normalized spacial score (nSPS) is 12.1. The summed E-state index contributed by atoms with van der Waals surface area (Å²) in [5.41, 5.74) is 12.5. The van der Waals surface area contributed by atoms with Crippen LogP contribution in [0.3, 0.4) is 0 Å². The lowest BCUT2D eigenvalue weighted by Gasteiger charge is -2.16. The standard InChI is InChI=1S/C14H18N2O.ClH/c15-9-3-6-12(16)14-11-5-2-1-4-10(11)7-8-13(14)17;/h1-2,4-5,7-8,12,17H,3,6,9,15-16H2;1H/t12-;/m1./s1. The first-order chi connectivity index (χ1) is 8.24. The van der Waals surface area contributed by atoms with Crippen molar-refractivity contribution < 1.29 is 5.11 Å². The van der Waals surface area contributed by atoms with E-state index < -0.39 is 0 Å². The Kier molecular flexibility index (Phi) is 5.41. The van der Waals surface area contributed by atoms with Crippen LogP contribution in [0, 0.1) is 0 Å². The molecule has 0 radical (unpaired) electrons. The highest BCUT2D eigenvalue weighted by molar-refractivity contribution is 5.88. The highest BCUT2D eigenvalue weighted by Crippen LogP contribution is 2.32. The number of fused-ring (bicyclic) bond motifs is 1. The Hall–Kier alpha value is -1.29. The zero-order valence-corrected chi connectivity index (χ0v) is 11.0. The molecule has 0 aliphatic rings. The Labute approximate surface area is 113 Å². The molecular weight excluding hydrogens is 248 g/mol. The molecule has 2 rings (SSSR count). The first-order valence-corrected chi connectivity index (χ1v) is 5.90. The zero-order chi connectivity index (χ0) is 12.3. The third kappa shape index (κ3) is 2.93. The summed E-state index contributed by atoms with van der Waals surface area (Å²) in [6.07, 6.45) is 1.65. The number of halogens is 1. The van der Waals surface area contributed by atoms with Gasteiger partial charge in [0.25, 0.3) is 0 Å². The van der Waals surface area contributed by atoms with E-state index in [4.69, 9.17) is 11.5 Å². The van der Waals surface area contributed by atoms with Gasteiger partial charge in [-0.15, -0.1) is 12.4 Å². The van der Waals surface area contributed by atoms with Gasteiger partial charge in [0.2, 0.25) is 0 Å². The third-order valence-electron chi connectivity index (χ3n) is 3.04. The van der Waals surface area contributed by atoms with E-state index in [1.54, 1.807) is 6.07 Å². The summed E-state index contributed by atoms with van der Waals surface area (Å²) in [5, 5.41) is 12.1. The predicted octanol–water partition coefficient (Wildman–Crippen LogP) is 2.71. The van der Waals surface area contributed by atoms with Crippen LogP contribution in [0.4, 0.5) is 0 Å². The van der Waals surface area contributed by atoms with Gasteiger partial charge in [-0.25, -0.2) is 0 Å². The molecule has 0 spiro atoms. The molecule has 0 aromatic heterocycles. The number of benzene rings is 2. The minimum Gasteiger partial charge on any atom is -0.508 e. The van der Waals surface area contributed by atoms with E-state index in [2.05, 4.69) is 0 Å². The van der Waals surface area contributed by atoms with Crippen molar-refractivity contribution in [2.24, 2.45) is 11.5 Å². The summed E-state index contributed by atoms with van der Waals surface area (Å²) in [6.45, 7) is 0.624. The summed E-state index contributed by atoms with van der Waals surface area (Å²) in [6, 6.07) is 11.4. The molecule has 1 atom stereocenters. The first kappa shape index (κ1) is 14.8. The van der Waals surface area contributed by atoms with Crippen LogP contribution in [0.25, 0.3) is 10.8 Å². The third-order valence-corrected chi connectivity index (χ3v) is 3.04. The molecule has 5 N–H and O–H groups in total. The number of hydrogen-bond donors (Lipinski definition) is 3. The second-order valence-electron chi connectivity index (χ2n) is 4.26. The molecule has 2 aromatic rings. The topological polar surface area (TPSA) is 72.3 Å². The summed E-state index contributed by atoms with van der Waals surface area (Å²) >= 11 is 0. The van der Waals surface area contributed by atoms with Gasteiger partial charge in [-0.1, -0.05) is 30.3 Å². The lowest BCUT2D eigenvalue weighted by molar-refractivity contribution is 0.459. The maximum Gasteiger partial charge on any atom is 0.120 e. The molecule has 18 heavy (non-hydrogen) atoms. The summed E-state index contributed by atoms with van der Waals surface area (Å²) in [4.78, 5) is 0. The maximum absolute atomic E-state index is 9.97. The number of hydrogen-bond acceptors (Lipinski definition) is 3. The first-order valence-electron chi connectivity index (χ1n) is 5.90. The van der Waals surface area contributed by atoms with E-state index in [1.165, 1.54) is 0 Å². The predicted molar refractivity (Wildman–Crippen MR) is 78.1 cm³/mol. The Bertz CT molecular complexity index is 516. The van der Waals surface area contributed by atoms with Crippen LogP contribution in [-0.2, 0) is 0 Å². The highest BCUT2D eigenvalue weighted by Gasteiger charge is 2.13. The number of phenols is 1. The SMILES string of the molecule is Cl.NCCC[C@@H](N)c1c(O)ccc2ccccc12. The molecule has 0 saturated heterocycles. The minimum atomic E-state index is -0.162. The Morgan fingerprint density at radius 3 is 2.56 bits per heavy atom. The van der Waals surface area contributed by atoms with E-state index >= 15 is 0 Å². The van der Waals surface area contributed by atoms with Crippen LogP contribution in [0.15, 0.2) is 36.4 Å². The largest absolute Gasteiger partial charge is 0.508 e. The van der Waals surface area contributed by atoms with Crippen molar-refractivity contribution in [2.45, 2.75) is 18.9 Å². The van der Waals surface area contributed by atoms with Gasteiger partial charge >= 0.3 is 0 Å². The fourth-order valence-corrected chi connectivity index (χ4v) is 2.16. The van der Waals surface area contributed by atoms with E-state index in [0.29, 0.717) is 6.54 Å². The molecule has 0 aliphatic heterocycles. The molecule has 3 nitrogen and oxygen atoms in total. The van der Waals surface area contributed by atoms with Crippen LogP contribution in [0.5, 0.6) is 5.75 Å². The summed E-state index contributed by atoms with van der Waals surface area (Å²) in [5.74, 6) is 0.272. The number of rotatable bonds is 4. The van der Waals surface area contributed by atoms with Crippen molar-refractivity contribution >= 4 is 23.2 Å². The highest BCUT2D eigenvalue weighted by atomic mass is 35.5. The van der Waals surface area contributed by atoms with Crippen LogP contribution >= 0.6 is 12.4 Å². The molecular formula is C14H19ClN2O. The number of phenolic OH excluding ortho intramolecular Hbond substituents is 1. The van der Waals surface area contributed by atoms with E-state index in [9.17, 15) is 5.11 Å². The summed E-state index contributed by atoms with van der Waals surface area (Å²) < 4.78 is 0. The Balaban J connectivity index is 0.00000162. The van der Waals surface area contributed by atoms with Crippen molar-refractivity contribution in [3.63, 3.8) is 0 Å². The van der Waals surface area contributed by atoms with E-state index in [-0.39, 0.29) is 24.2 Å². The molecule has 0 bridgehead atoms. The second kappa shape index (κ2) is 6.59. The molecule has 0 amide bonds. The van der Waals surface area contributed by atoms with Gasteiger partial charge in [-0.2, -0.15) is 0 Å². The van der Waals surface area contributed by atoms with Crippen LogP contribution in [-0.4, -0.2) is 11.7 Å². The molecule has 0 saturated carbocycles. The number of nitrogens with two attached hydrogens (primary N) is 2. The molecule has 0 aliphatic carbocycles. The van der Waals surface area contributed by atoms with Gasteiger partial charge in [0, 0.05) is 11.6 Å². The Morgan fingerprint density at radius 2 is 1.83 bits per heavy atom. The average molecular weight is 267 g/mol. The van der Waals surface area contributed by atoms with Gasteiger partial charge in [0.15, 0.2) is 0 Å². The van der Waals surface area contributed by atoms with Crippen molar-refractivity contribution in [3.05, 3.63) is 42.0 Å². The summed E-state index contributed by atoms with van der Waals surface area (Å²) in [7, 11) is 0. The van der Waals surface area contributed by atoms with Crippen molar-refractivity contribution in [3.8, 4) is 5.75 Å². The molecule has 0 unspecified atom stereocenters. The van der Waals surface area contributed by atoms with Crippen LogP contribution in [0.1, 0.15) is 24.4 Å². The lowest BCUT2D eigenvalue weighted by atomic mass is 9.95. The average Bonchev–Trinajstić information content (AvgIpc) is 2.35. The van der Waals surface area contributed by atoms with Gasteiger partial charge in [0.1, 0.15) is 5.75 Å².